The second-order valence-corrected chi connectivity index (χ2v) is 11.5. The number of hydrogen-bond donors (Lipinski definition) is 1. The Bertz CT molecular complexity index is 859. The SMILES string of the molecule is CCN(CC(C1CCCC1)N1CCN(C(=O)C(N)Cc2ccc(Cl)cc2)CC1)S(C)(=O)=O.Cl.Cl. The van der Waals surface area contributed by atoms with E-state index in [0.717, 1.165) is 31.5 Å². The van der Waals surface area contributed by atoms with Crippen LogP contribution in [0.4, 0.5) is 0 Å². The van der Waals surface area contributed by atoms with E-state index in [2.05, 4.69) is 4.90 Å². The molecular weight excluding hydrogens is 519 g/mol. The molecule has 0 aromatic heterocycles. The standard InChI is InChI=1S/C23H37ClN4O3S.2ClH/c1-3-28(32(2,30)31)17-22(19-6-4-5-7-19)26-12-14-27(15-13-26)23(29)21(25)16-18-8-10-20(24)11-9-18;;/h8-11,19,21-22H,3-7,12-17,25H2,1-2H3;2*1H. The first-order valence-electron chi connectivity index (χ1n) is 11.7. The van der Waals surface area contributed by atoms with Gasteiger partial charge in [-0.05, 0) is 42.9 Å². The quantitative estimate of drug-likeness (QED) is 0.504. The Hall–Kier alpha value is -0.610. The van der Waals surface area contributed by atoms with Gasteiger partial charge in [0.05, 0.1) is 12.3 Å². The Kier molecular flexibility index (Phi) is 13.1. The van der Waals surface area contributed by atoms with Crippen molar-refractivity contribution in [3.05, 3.63) is 34.9 Å². The lowest BCUT2D eigenvalue weighted by atomic mass is 9.95. The highest BCUT2D eigenvalue weighted by molar-refractivity contribution is 7.88. The average molecular weight is 558 g/mol. The van der Waals surface area contributed by atoms with E-state index in [1.807, 2.05) is 36.1 Å². The number of hydrogen-bond acceptors (Lipinski definition) is 5. The van der Waals surface area contributed by atoms with Gasteiger partial charge in [-0.1, -0.05) is 43.5 Å². The predicted octanol–water partition coefficient (Wildman–Crippen LogP) is 3.04. The number of carbonyl (C=O) groups excluding carboxylic acids is 1. The summed E-state index contributed by atoms with van der Waals surface area (Å²) in [6.07, 6.45) is 6.50. The molecule has 1 heterocycles. The van der Waals surface area contributed by atoms with Crippen LogP contribution in [0.25, 0.3) is 0 Å². The highest BCUT2D eigenvalue weighted by atomic mass is 35.5. The Morgan fingerprint density at radius 2 is 1.68 bits per heavy atom. The maximum absolute atomic E-state index is 12.9. The minimum atomic E-state index is -3.23. The largest absolute Gasteiger partial charge is 0.339 e. The molecular formula is C23H39Cl3N4O3S. The summed E-state index contributed by atoms with van der Waals surface area (Å²) >= 11 is 5.94. The summed E-state index contributed by atoms with van der Waals surface area (Å²) in [4.78, 5) is 17.2. The monoisotopic (exact) mass is 556 g/mol. The van der Waals surface area contributed by atoms with Gasteiger partial charge in [0.25, 0.3) is 0 Å². The number of piperazine rings is 1. The third-order valence-corrected chi connectivity index (χ3v) is 8.53. The Morgan fingerprint density at radius 1 is 1.12 bits per heavy atom. The molecule has 1 saturated heterocycles. The first-order valence-corrected chi connectivity index (χ1v) is 13.9. The lowest BCUT2D eigenvalue weighted by Crippen LogP contribution is -2.58. The van der Waals surface area contributed by atoms with Crippen molar-refractivity contribution in [3.8, 4) is 0 Å². The van der Waals surface area contributed by atoms with E-state index in [9.17, 15) is 13.2 Å². The van der Waals surface area contributed by atoms with Gasteiger partial charge in [-0.25, -0.2) is 12.7 Å². The number of halogens is 3. The summed E-state index contributed by atoms with van der Waals surface area (Å²) < 4.78 is 26.0. The summed E-state index contributed by atoms with van der Waals surface area (Å²) in [5.41, 5.74) is 7.23. The van der Waals surface area contributed by atoms with E-state index in [-0.39, 0.29) is 36.8 Å². The first kappa shape index (κ1) is 31.4. The molecule has 196 valence electrons. The molecule has 1 amide bonds. The predicted molar refractivity (Wildman–Crippen MR) is 144 cm³/mol. The van der Waals surface area contributed by atoms with Gasteiger partial charge in [-0.15, -0.1) is 24.8 Å². The highest BCUT2D eigenvalue weighted by Crippen LogP contribution is 2.31. The fourth-order valence-corrected chi connectivity index (χ4v) is 6.10. The number of carbonyl (C=O) groups is 1. The number of benzene rings is 1. The van der Waals surface area contributed by atoms with Crippen molar-refractivity contribution in [2.45, 2.75) is 51.1 Å². The zero-order chi connectivity index (χ0) is 23.3. The topological polar surface area (TPSA) is 86.9 Å². The van der Waals surface area contributed by atoms with Gasteiger partial charge in [-0.2, -0.15) is 0 Å². The number of rotatable bonds is 9. The van der Waals surface area contributed by atoms with Gasteiger partial charge < -0.3 is 10.6 Å². The van der Waals surface area contributed by atoms with Crippen molar-refractivity contribution in [1.82, 2.24) is 14.1 Å². The van der Waals surface area contributed by atoms with Gasteiger partial charge in [0.15, 0.2) is 0 Å². The first-order chi connectivity index (χ1) is 15.2. The molecule has 0 spiro atoms. The zero-order valence-corrected chi connectivity index (χ0v) is 23.3. The third kappa shape index (κ3) is 8.50. The number of amides is 1. The van der Waals surface area contributed by atoms with E-state index < -0.39 is 16.1 Å². The molecule has 0 bridgehead atoms. The molecule has 0 radical (unpaired) electrons. The molecule has 2 unspecified atom stereocenters. The molecule has 1 aromatic rings. The molecule has 2 aliphatic rings. The number of nitrogens with two attached hydrogens (primary N) is 1. The minimum absolute atomic E-state index is 0. The van der Waals surface area contributed by atoms with Gasteiger partial charge in [0, 0.05) is 50.3 Å². The molecule has 1 aliphatic heterocycles. The molecule has 2 fully saturated rings. The van der Waals surface area contributed by atoms with Crippen LogP contribution < -0.4 is 5.73 Å². The van der Waals surface area contributed by atoms with E-state index in [0.29, 0.717) is 43.5 Å². The van der Waals surface area contributed by atoms with Crippen LogP contribution in [0, 0.1) is 5.92 Å². The molecule has 1 saturated carbocycles. The lowest BCUT2D eigenvalue weighted by molar-refractivity contribution is -0.134. The van der Waals surface area contributed by atoms with Crippen molar-refractivity contribution >= 4 is 52.3 Å². The smallest absolute Gasteiger partial charge is 0.239 e. The maximum Gasteiger partial charge on any atom is 0.239 e. The van der Waals surface area contributed by atoms with E-state index in [4.69, 9.17) is 17.3 Å². The average Bonchev–Trinajstić information content (AvgIpc) is 3.29. The molecule has 2 N–H and O–H groups in total. The number of sulfonamides is 1. The van der Waals surface area contributed by atoms with Crippen LogP contribution in [-0.2, 0) is 21.2 Å². The third-order valence-electron chi connectivity index (χ3n) is 6.94. The normalized spacial score (nSPS) is 19.4. The molecule has 34 heavy (non-hydrogen) atoms. The molecule has 1 aliphatic carbocycles. The zero-order valence-electron chi connectivity index (χ0n) is 20.1. The van der Waals surface area contributed by atoms with E-state index in [1.54, 1.807) is 4.31 Å². The molecule has 7 nitrogen and oxygen atoms in total. The van der Waals surface area contributed by atoms with Gasteiger partial charge >= 0.3 is 0 Å². The number of nitrogens with zero attached hydrogens (tertiary/aromatic N) is 3. The molecule has 2 atom stereocenters. The van der Waals surface area contributed by atoms with Crippen LogP contribution in [0.15, 0.2) is 24.3 Å². The summed E-state index contributed by atoms with van der Waals surface area (Å²) in [5, 5.41) is 0.666. The van der Waals surface area contributed by atoms with Gasteiger partial charge in [0.1, 0.15) is 0 Å². The van der Waals surface area contributed by atoms with Crippen LogP contribution in [0.3, 0.4) is 0 Å². The van der Waals surface area contributed by atoms with Crippen LogP contribution in [-0.4, -0.2) is 86.0 Å². The van der Waals surface area contributed by atoms with Crippen LogP contribution in [0.1, 0.15) is 38.2 Å². The van der Waals surface area contributed by atoms with Crippen molar-refractivity contribution in [1.29, 1.82) is 0 Å². The van der Waals surface area contributed by atoms with Gasteiger partial charge in [-0.3, -0.25) is 9.69 Å². The second-order valence-electron chi connectivity index (χ2n) is 9.12. The second kappa shape index (κ2) is 14.2. The summed E-state index contributed by atoms with van der Waals surface area (Å²) in [5.74, 6) is 0.489. The summed E-state index contributed by atoms with van der Waals surface area (Å²) in [6, 6.07) is 7.06. The Balaban J connectivity index is 0.00000289. The molecule has 1 aromatic carbocycles. The Labute approximate surface area is 222 Å². The van der Waals surface area contributed by atoms with E-state index in [1.165, 1.54) is 19.1 Å². The Morgan fingerprint density at radius 3 is 2.18 bits per heavy atom. The van der Waals surface area contributed by atoms with Crippen molar-refractivity contribution in [2.24, 2.45) is 11.7 Å². The van der Waals surface area contributed by atoms with Crippen molar-refractivity contribution in [3.63, 3.8) is 0 Å². The minimum Gasteiger partial charge on any atom is -0.339 e. The molecule has 11 heteroatoms. The van der Waals surface area contributed by atoms with Crippen molar-refractivity contribution in [2.75, 3.05) is 45.5 Å². The summed E-state index contributed by atoms with van der Waals surface area (Å²) in [6.45, 7) is 5.67. The van der Waals surface area contributed by atoms with E-state index >= 15 is 0 Å². The summed E-state index contributed by atoms with van der Waals surface area (Å²) in [7, 11) is -3.23. The fourth-order valence-electron chi connectivity index (χ4n) is 5.08. The van der Waals surface area contributed by atoms with Crippen LogP contribution in [0.2, 0.25) is 5.02 Å². The molecule has 3 rings (SSSR count). The van der Waals surface area contributed by atoms with Crippen LogP contribution in [0.5, 0.6) is 0 Å². The maximum atomic E-state index is 12.9. The fraction of sp³-hybridized carbons (Fsp3) is 0.696. The number of likely N-dealkylation sites (N-methyl/N-ethyl adjacent to an activating group) is 1. The van der Waals surface area contributed by atoms with Crippen LogP contribution >= 0.6 is 36.4 Å². The highest BCUT2D eigenvalue weighted by Gasteiger charge is 2.35. The van der Waals surface area contributed by atoms with Gasteiger partial charge in [0.2, 0.25) is 15.9 Å². The lowest BCUT2D eigenvalue weighted by Gasteiger charge is -2.43. The van der Waals surface area contributed by atoms with Crippen molar-refractivity contribution < 1.29 is 13.2 Å².